The Bertz CT molecular complexity index is 851. The van der Waals surface area contributed by atoms with Crippen molar-refractivity contribution in [1.82, 2.24) is 25.4 Å². The van der Waals surface area contributed by atoms with Crippen LogP contribution in [0.5, 0.6) is 0 Å². The molecule has 1 aliphatic rings. The van der Waals surface area contributed by atoms with Crippen LogP contribution >= 0.6 is 0 Å². The quantitative estimate of drug-likeness (QED) is 0.627. The van der Waals surface area contributed by atoms with Crippen LogP contribution in [0.25, 0.3) is 0 Å². The summed E-state index contributed by atoms with van der Waals surface area (Å²) in [5.41, 5.74) is 2.02. The number of pyridine rings is 1. The molecule has 0 spiro atoms. The SMILES string of the molecule is CCN1CCN(c2ccc(CNC(=O)CCNC(=O)N(C)Cc3ccccc3)cn2)CC1. The normalized spacial score (nSPS) is 14.1. The van der Waals surface area contributed by atoms with Crippen molar-refractivity contribution >= 4 is 17.8 Å². The third-order valence-electron chi connectivity index (χ3n) is 5.68. The van der Waals surface area contributed by atoms with Gasteiger partial charge in [0.05, 0.1) is 0 Å². The molecule has 1 saturated heterocycles. The molecular formula is C24H34N6O2. The lowest BCUT2D eigenvalue weighted by molar-refractivity contribution is -0.121. The molecule has 2 aromatic rings. The van der Waals surface area contributed by atoms with Crippen LogP contribution in [0, 0.1) is 0 Å². The Balaban J connectivity index is 1.33. The number of benzene rings is 1. The average molecular weight is 439 g/mol. The highest BCUT2D eigenvalue weighted by Gasteiger charge is 2.16. The first kappa shape index (κ1) is 23.5. The fourth-order valence-corrected chi connectivity index (χ4v) is 3.64. The number of rotatable bonds is 9. The highest BCUT2D eigenvalue weighted by Crippen LogP contribution is 2.14. The van der Waals surface area contributed by atoms with Crippen LogP contribution in [0.2, 0.25) is 0 Å². The maximum Gasteiger partial charge on any atom is 0.317 e. The number of hydrogen-bond acceptors (Lipinski definition) is 5. The second-order valence-electron chi connectivity index (χ2n) is 8.05. The summed E-state index contributed by atoms with van der Waals surface area (Å²) in [6.45, 7) is 8.64. The van der Waals surface area contributed by atoms with Crippen molar-refractivity contribution in [3.63, 3.8) is 0 Å². The predicted octanol–water partition coefficient (Wildman–Crippen LogP) is 2.07. The van der Waals surface area contributed by atoms with Crippen LogP contribution < -0.4 is 15.5 Å². The smallest absolute Gasteiger partial charge is 0.317 e. The maximum absolute atomic E-state index is 12.2. The molecule has 0 saturated carbocycles. The number of amides is 3. The number of nitrogens with one attached hydrogen (secondary N) is 2. The molecule has 2 heterocycles. The minimum Gasteiger partial charge on any atom is -0.354 e. The monoisotopic (exact) mass is 438 g/mol. The first-order chi connectivity index (χ1) is 15.5. The van der Waals surface area contributed by atoms with E-state index in [-0.39, 0.29) is 18.4 Å². The lowest BCUT2D eigenvalue weighted by Gasteiger charge is -2.34. The Morgan fingerprint density at radius 3 is 2.41 bits per heavy atom. The molecule has 3 rings (SSSR count). The van der Waals surface area contributed by atoms with E-state index < -0.39 is 0 Å². The van der Waals surface area contributed by atoms with Crippen molar-refractivity contribution in [1.29, 1.82) is 0 Å². The summed E-state index contributed by atoms with van der Waals surface area (Å²) in [7, 11) is 1.74. The molecule has 2 N–H and O–H groups in total. The van der Waals surface area contributed by atoms with Crippen molar-refractivity contribution < 1.29 is 9.59 Å². The van der Waals surface area contributed by atoms with Gasteiger partial charge >= 0.3 is 6.03 Å². The molecule has 0 aliphatic carbocycles. The van der Waals surface area contributed by atoms with Crippen LogP contribution in [0.4, 0.5) is 10.6 Å². The topological polar surface area (TPSA) is 80.8 Å². The first-order valence-electron chi connectivity index (χ1n) is 11.3. The zero-order valence-electron chi connectivity index (χ0n) is 19.1. The summed E-state index contributed by atoms with van der Waals surface area (Å²) in [5, 5.41) is 5.68. The van der Waals surface area contributed by atoms with Gasteiger partial charge in [0.1, 0.15) is 5.82 Å². The van der Waals surface area contributed by atoms with Gasteiger partial charge < -0.3 is 25.3 Å². The highest BCUT2D eigenvalue weighted by molar-refractivity contribution is 5.78. The third-order valence-corrected chi connectivity index (χ3v) is 5.68. The standard InChI is InChI=1S/C24H34N6O2/c1-3-29-13-15-30(16-14-29)22-10-9-21(17-26-22)18-27-23(31)11-12-25-24(32)28(2)19-20-7-5-4-6-8-20/h4-10,17H,3,11-16,18-19H2,1-2H3,(H,25,32)(H,27,31). The predicted molar refractivity (Wildman–Crippen MR) is 126 cm³/mol. The van der Waals surface area contributed by atoms with Crippen molar-refractivity contribution in [2.45, 2.75) is 26.4 Å². The van der Waals surface area contributed by atoms with Crippen molar-refractivity contribution in [3.8, 4) is 0 Å². The zero-order valence-corrected chi connectivity index (χ0v) is 19.1. The molecule has 3 amide bonds. The van der Waals surface area contributed by atoms with E-state index in [1.54, 1.807) is 11.9 Å². The van der Waals surface area contributed by atoms with Gasteiger partial charge in [0.15, 0.2) is 0 Å². The molecule has 0 radical (unpaired) electrons. The molecule has 172 valence electrons. The first-order valence-corrected chi connectivity index (χ1v) is 11.3. The van der Waals surface area contributed by atoms with Crippen LogP contribution in [-0.2, 0) is 17.9 Å². The Hall–Kier alpha value is -3.13. The number of carbonyl (C=O) groups excluding carboxylic acids is 2. The van der Waals surface area contributed by atoms with E-state index in [1.165, 1.54) is 0 Å². The van der Waals surface area contributed by atoms with Gasteiger partial charge in [-0.2, -0.15) is 0 Å². The van der Waals surface area contributed by atoms with Gasteiger partial charge in [0.2, 0.25) is 5.91 Å². The Kier molecular flexibility index (Phi) is 8.86. The van der Waals surface area contributed by atoms with E-state index in [2.05, 4.69) is 32.3 Å². The van der Waals surface area contributed by atoms with E-state index in [0.29, 0.717) is 19.6 Å². The number of nitrogens with zero attached hydrogens (tertiary/aromatic N) is 4. The second-order valence-corrected chi connectivity index (χ2v) is 8.05. The minimum atomic E-state index is -0.193. The molecular weight excluding hydrogens is 404 g/mol. The Morgan fingerprint density at radius 1 is 1.00 bits per heavy atom. The summed E-state index contributed by atoms with van der Waals surface area (Å²) >= 11 is 0. The average Bonchev–Trinajstić information content (AvgIpc) is 2.83. The summed E-state index contributed by atoms with van der Waals surface area (Å²) in [6.07, 6.45) is 2.06. The van der Waals surface area contributed by atoms with Gasteiger partial charge in [0.25, 0.3) is 0 Å². The molecule has 8 heteroatoms. The molecule has 32 heavy (non-hydrogen) atoms. The van der Waals surface area contributed by atoms with Gasteiger partial charge in [-0.3, -0.25) is 4.79 Å². The number of anilines is 1. The van der Waals surface area contributed by atoms with Gasteiger partial charge in [-0.05, 0) is 23.7 Å². The molecule has 1 aromatic carbocycles. The van der Waals surface area contributed by atoms with Crippen molar-refractivity contribution in [2.75, 3.05) is 51.2 Å². The molecule has 1 aliphatic heterocycles. The van der Waals surface area contributed by atoms with Crippen LogP contribution in [0.1, 0.15) is 24.5 Å². The summed E-state index contributed by atoms with van der Waals surface area (Å²) in [6, 6.07) is 13.6. The lowest BCUT2D eigenvalue weighted by atomic mass is 10.2. The second kappa shape index (κ2) is 12.0. The van der Waals surface area contributed by atoms with Crippen LogP contribution in [-0.4, -0.2) is 73.0 Å². The minimum absolute atomic E-state index is 0.101. The van der Waals surface area contributed by atoms with E-state index in [9.17, 15) is 9.59 Å². The number of likely N-dealkylation sites (N-methyl/N-ethyl adjacent to an activating group) is 1. The Morgan fingerprint density at radius 2 is 1.75 bits per heavy atom. The number of hydrogen-bond donors (Lipinski definition) is 2. The number of aromatic nitrogens is 1. The van der Waals surface area contributed by atoms with Gasteiger partial charge in [0, 0.05) is 65.5 Å². The van der Waals surface area contributed by atoms with Gasteiger partial charge in [-0.15, -0.1) is 0 Å². The van der Waals surface area contributed by atoms with E-state index in [1.807, 2.05) is 48.7 Å². The van der Waals surface area contributed by atoms with E-state index in [0.717, 1.165) is 49.7 Å². The van der Waals surface area contributed by atoms with Gasteiger partial charge in [-0.25, -0.2) is 9.78 Å². The van der Waals surface area contributed by atoms with Crippen LogP contribution in [0.3, 0.4) is 0 Å². The Labute approximate surface area is 190 Å². The summed E-state index contributed by atoms with van der Waals surface area (Å²) < 4.78 is 0. The highest BCUT2D eigenvalue weighted by atomic mass is 16.2. The molecule has 1 aromatic heterocycles. The summed E-state index contributed by atoms with van der Waals surface area (Å²) in [5.74, 6) is 0.883. The molecule has 0 atom stereocenters. The largest absolute Gasteiger partial charge is 0.354 e. The maximum atomic E-state index is 12.2. The molecule has 1 fully saturated rings. The number of carbonyl (C=O) groups is 2. The third kappa shape index (κ3) is 7.23. The molecule has 0 unspecified atom stereocenters. The number of piperazine rings is 1. The summed E-state index contributed by atoms with van der Waals surface area (Å²) in [4.78, 5) is 35.2. The molecule has 0 bridgehead atoms. The lowest BCUT2D eigenvalue weighted by Crippen LogP contribution is -2.46. The molecule has 8 nitrogen and oxygen atoms in total. The van der Waals surface area contributed by atoms with E-state index >= 15 is 0 Å². The van der Waals surface area contributed by atoms with Gasteiger partial charge in [-0.1, -0.05) is 43.3 Å². The fraction of sp³-hybridized carbons (Fsp3) is 0.458. The van der Waals surface area contributed by atoms with Crippen molar-refractivity contribution in [2.24, 2.45) is 0 Å². The number of urea groups is 1. The zero-order chi connectivity index (χ0) is 22.8. The van der Waals surface area contributed by atoms with E-state index in [4.69, 9.17) is 0 Å². The van der Waals surface area contributed by atoms with Crippen molar-refractivity contribution in [3.05, 3.63) is 59.8 Å². The van der Waals surface area contributed by atoms with Crippen LogP contribution in [0.15, 0.2) is 48.7 Å². The fourth-order valence-electron chi connectivity index (χ4n) is 3.64.